The lowest BCUT2D eigenvalue weighted by Crippen LogP contribution is -2.66. The van der Waals surface area contributed by atoms with Gasteiger partial charge in [0.05, 0.1) is 38.6 Å². The number of allylic oxidation sites excluding steroid dienone is 5. The molecule has 0 aromatic carbocycles. The molecular weight excluding hydrogens is 1470 g/mol. The van der Waals surface area contributed by atoms with E-state index in [4.69, 9.17) is 28.4 Å². The predicted octanol–water partition coefficient (Wildman–Crippen LogP) is 20.1. The Balaban J connectivity index is 1.28. The Hall–Kier alpha value is -1.99. The van der Waals surface area contributed by atoms with E-state index in [1.807, 2.05) is 6.08 Å². The average Bonchev–Trinajstić information content (AvgIpc) is 0.783. The Kier molecular flexibility index (Phi) is 71.5. The molecule has 3 aliphatic heterocycles. The molecule has 0 aromatic heterocycles. The standard InChI is InChI=1S/C97H183NO18/c1-3-5-7-9-11-13-15-17-19-21-23-25-27-29-31-33-35-36-37-38-39-40-41-42-43-44-45-47-49-51-53-55-57-59-61-63-65-67-69-71-73-75-85(103)98-80(81(102)74-72-70-68-66-64-62-60-58-56-54-52-50-48-46-34-32-30-28-26-24-22-20-18-16-14-12-10-8-6-4-2)79-111-95-91(109)88(106)93(83(77-100)113-95)116-97-92(110)89(107)94(84(78-101)114-97)115-96-90(108)87(105)86(104)82(76-99)112-96/h15,17,21,23,72,74,80-84,86-97,99-102,104-110H,3-14,16,18-20,22,24-71,73,75-79H2,1-2H3,(H,98,103)/b17-15-,23-21-,74-72+. The molecule has 0 radical (unpaired) electrons. The van der Waals surface area contributed by atoms with Crippen LogP contribution in [0.3, 0.4) is 0 Å². The van der Waals surface area contributed by atoms with Crippen molar-refractivity contribution >= 4 is 5.91 Å². The minimum Gasteiger partial charge on any atom is -0.394 e. The van der Waals surface area contributed by atoms with Gasteiger partial charge in [-0.25, -0.2) is 0 Å². The highest BCUT2D eigenvalue weighted by Gasteiger charge is 2.54. The highest BCUT2D eigenvalue weighted by Crippen LogP contribution is 2.34. The first-order valence-corrected chi connectivity index (χ1v) is 49.2. The smallest absolute Gasteiger partial charge is 0.220 e. The van der Waals surface area contributed by atoms with Gasteiger partial charge in [0.1, 0.15) is 73.2 Å². The van der Waals surface area contributed by atoms with Gasteiger partial charge < -0.3 is 89.9 Å². The van der Waals surface area contributed by atoms with Crippen molar-refractivity contribution in [1.29, 1.82) is 0 Å². The van der Waals surface area contributed by atoms with Crippen molar-refractivity contribution in [2.45, 2.75) is 548 Å². The second-order valence-electron chi connectivity index (χ2n) is 35.2. The summed E-state index contributed by atoms with van der Waals surface area (Å²) in [5.41, 5.74) is 0. The molecule has 3 saturated heterocycles. The average molecular weight is 1650 g/mol. The van der Waals surface area contributed by atoms with Crippen molar-refractivity contribution in [2.24, 2.45) is 0 Å². The van der Waals surface area contributed by atoms with Crippen LogP contribution in [0, 0.1) is 0 Å². The van der Waals surface area contributed by atoms with Crippen molar-refractivity contribution in [1.82, 2.24) is 5.32 Å². The lowest BCUT2D eigenvalue weighted by atomic mass is 9.96. The van der Waals surface area contributed by atoms with Gasteiger partial charge in [0, 0.05) is 6.42 Å². The lowest BCUT2D eigenvalue weighted by molar-refractivity contribution is -0.379. The van der Waals surface area contributed by atoms with E-state index in [0.29, 0.717) is 6.42 Å². The molecule has 3 fully saturated rings. The van der Waals surface area contributed by atoms with Gasteiger partial charge in [0.15, 0.2) is 18.9 Å². The molecule has 19 heteroatoms. The fraction of sp³-hybridized carbons (Fsp3) is 0.928. The molecule has 3 heterocycles. The summed E-state index contributed by atoms with van der Waals surface area (Å²) >= 11 is 0. The van der Waals surface area contributed by atoms with Crippen molar-refractivity contribution < 1.29 is 89.4 Å². The van der Waals surface area contributed by atoms with Crippen LogP contribution in [-0.2, 0) is 33.2 Å². The van der Waals surface area contributed by atoms with E-state index in [1.54, 1.807) is 6.08 Å². The number of amides is 1. The van der Waals surface area contributed by atoms with Crippen molar-refractivity contribution in [2.75, 3.05) is 26.4 Å². The topological polar surface area (TPSA) is 307 Å². The van der Waals surface area contributed by atoms with E-state index in [0.717, 1.165) is 51.4 Å². The van der Waals surface area contributed by atoms with Crippen LogP contribution in [0.5, 0.6) is 0 Å². The molecule has 116 heavy (non-hydrogen) atoms. The highest BCUT2D eigenvalue weighted by atomic mass is 16.8. The van der Waals surface area contributed by atoms with Crippen LogP contribution in [0.4, 0.5) is 0 Å². The summed E-state index contributed by atoms with van der Waals surface area (Å²) in [6, 6.07) is -0.973. The first-order valence-electron chi connectivity index (χ1n) is 49.2. The molecule has 1 amide bonds. The summed E-state index contributed by atoms with van der Waals surface area (Å²) in [6.07, 6.45) is 73.3. The molecule has 684 valence electrons. The maximum atomic E-state index is 13.5. The highest BCUT2D eigenvalue weighted by molar-refractivity contribution is 5.76. The first kappa shape index (κ1) is 108. The molecule has 12 N–H and O–H groups in total. The van der Waals surface area contributed by atoms with Gasteiger partial charge in [-0.1, -0.05) is 423 Å². The van der Waals surface area contributed by atoms with E-state index < -0.39 is 124 Å². The molecule has 3 rings (SSSR count). The summed E-state index contributed by atoms with van der Waals surface area (Å²) in [6.45, 7) is 1.81. The predicted molar refractivity (Wildman–Crippen MR) is 471 cm³/mol. The number of aliphatic hydroxyl groups is 11. The summed E-state index contributed by atoms with van der Waals surface area (Å²) in [5, 5.41) is 121. The Labute approximate surface area is 708 Å². The third-order valence-electron chi connectivity index (χ3n) is 24.7. The third-order valence-corrected chi connectivity index (χ3v) is 24.7. The van der Waals surface area contributed by atoms with Gasteiger partial charge in [-0.3, -0.25) is 4.79 Å². The number of ether oxygens (including phenoxy) is 6. The van der Waals surface area contributed by atoms with Crippen LogP contribution in [-0.4, -0.2) is 193 Å². The molecule has 0 aromatic rings. The van der Waals surface area contributed by atoms with Gasteiger partial charge in [0.2, 0.25) is 5.91 Å². The van der Waals surface area contributed by atoms with Crippen LogP contribution in [0.2, 0.25) is 0 Å². The largest absolute Gasteiger partial charge is 0.394 e. The van der Waals surface area contributed by atoms with Gasteiger partial charge in [-0.05, 0) is 51.4 Å². The molecule has 0 aliphatic carbocycles. The summed E-state index contributed by atoms with van der Waals surface area (Å²) in [4.78, 5) is 13.5. The second-order valence-corrected chi connectivity index (χ2v) is 35.2. The molecule has 0 bridgehead atoms. The number of carbonyl (C=O) groups is 1. The molecular formula is C97H183NO18. The van der Waals surface area contributed by atoms with Crippen molar-refractivity contribution in [3.63, 3.8) is 0 Å². The fourth-order valence-electron chi connectivity index (χ4n) is 16.9. The van der Waals surface area contributed by atoms with Crippen LogP contribution >= 0.6 is 0 Å². The monoisotopic (exact) mass is 1650 g/mol. The van der Waals surface area contributed by atoms with E-state index in [-0.39, 0.29) is 18.9 Å². The maximum Gasteiger partial charge on any atom is 0.220 e. The second kappa shape index (κ2) is 76.6. The quantitative estimate of drug-likeness (QED) is 0.0199. The Bertz CT molecular complexity index is 2230. The van der Waals surface area contributed by atoms with E-state index in [1.165, 1.54) is 366 Å². The molecule has 0 saturated carbocycles. The Morgan fingerprint density at radius 2 is 0.569 bits per heavy atom. The van der Waals surface area contributed by atoms with Gasteiger partial charge in [0.25, 0.3) is 0 Å². The first-order chi connectivity index (χ1) is 56.8. The molecule has 17 unspecified atom stereocenters. The molecule has 3 aliphatic rings. The molecule has 17 atom stereocenters. The van der Waals surface area contributed by atoms with E-state index in [2.05, 4.69) is 43.5 Å². The van der Waals surface area contributed by atoms with Gasteiger partial charge >= 0.3 is 0 Å². The maximum absolute atomic E-state index is 13.5. The summed E-state index contributed by atoms with van der Waals surface area (Å²) in [7, 11) is 0. The molecule has 19 nitrogen and oxygen atoms in total. The zero-order chi connectivity index (χ0) is 83.8. The number of hydrogen-bond donors (Lipinski definition) is 12. The number of nitrogens with one attached hydrogen (secondary N) is 1. The van der Waals surface area contributed by atoms with Gasteiger partial charge in [-0.2, -0.15) is 0 Å². The minimum absolute atomic E-state index is 0.249. The number of carbonyl (C=O) groups excluding carboxylic acids is 1. The zero-order valence-electron chi connectivity index (χ0n) is 74.3. The lowest BCUT2D eigenvalue weighted by Gasteiger charge is -2.48. The Morgan fingerprint density at radius 1 is 0.310 bits per heavy atom. The van der Waals surface area contributed by atoms with Crippen LogP contribution in [0.15, 0.2) is 36.5 Å². The number of aliphatic hydroxyl groups excluding tert-OH is 11. The fourth-order valence-corrected chi connectivity index (χ4v) is 16.9. The van der Waals surface area contributed by atoms with Crippen LogP contribution in [0.1, 0.15) is 444 Å². The molecule has 0 spiro atoms. The van der Waals surface area contributed by atoms with E-state index >= 15 is 0 Å². The van der Waals surface area contributed by atoms with Crippen LogP contribution in [0.25, 0.3) is 0 Å². The third kappa shape index (κ3) is 53.9. The number of hydrogen-bond acceptors (Lipinski definition) is 18. The SMILES string of the molecule is CCCCCCC/C=C\C/C=C\CCCCCCCCCCCCCCCCCCCCCCCCCCCCCCCC(=O)NC(COC1OC(CO)C(OC2OC(CO)C(OC3OC(CO)C(O)C(O)C3O)C(O)C2O)C(O)C1O)C(O)/C=C/CCCCCCCCCCCCCCCCCCCCCCCCCCCCCC. The summed E-state index contributed by atoms with van der Waals surface area (Å²) in [5.74, 6) is -0.265. The normalized spacial score (nSPS) is 24.6. The zero-order valence-corrected chi connectivity index (χ0v) is 74.3. The number of rotatable bonds is 82. The van der Waals surface area contributed by atoms with Crippen LogP contribution < -0.4 is 5.32 Å². The minimum atomic E-state index is -1.98. The van der Waals surface area contributed by atoms with Crippen molar-refractivity contribution in [3.8, 4) is 0 Å². The number of unbranched alkanes of at least 4 members (excludes halogenated alkanes) is 62. The van der Waals surface area contributed by atoms with Gasteiger partial charge in [-0.15, -0.1) is 0 Å². The Morgan fingerprint density at radius 3 is 0.879 bits per heavy atom. The van der Waals surface area contributed by atoms with Crippen molar-refractivity contribution in [3.05, 3.63) is 36.5 Å². The van der Waals surface area contributed by atoms with E-state index in [9.17, 15) is 61.0 Å². The summed E-state index contributed by atoms with van der Waals surface area (Å²) < 4.78 is 34.6.